The summed E-state index contributed by atoms with van der Waals surface area (Å²) in [4.78, 5) is 12.8. The first-order valence-electron chi connectivity index (χ1n) is 8.42. The van der Waals surface area contributed by atoms with Gasteiger partial charge < -0.3 is 10.6 Å². The molecule has 28 heavy (non-hydrogen) atoms. The maximum atomic E-state index is 12.8. The molecule has 146 valence electrons. The predicted molar refractivity (Wildman–Crippen MR) is 104 cm³/mol. The molecule has 0 aliphatic heterocycles. The zero-order valence-electron chi connectivity index (χ0n) is 15.0. The third-order valence-electron chi connectivity index (χ3n) is 3.68. The number of pyridine rings is 1. The number of aromatic nitrogens is 3. The summed E-state index contributed by atoms with van der Waals surface area (Å²) >= 11 is 6.04. The zero-order chi connectivity index (χ0) is 20.3. The third kappa shape index (κ3) is 4.89. The van der Waals surface area contributed by atoms with Crippen LogP contribution in [-0.4, -0.2) is 21.0 Å². The van der Waals surface area contributed by atoms with Crippen LogP contribution >= 0.6 is 11.6 Å². The first-order valence-corrected chi connectivity index (χ1v) is 8.80. The van der Waals surface area contributed by atoms with E-state index in [2.05, 4.69) is 25.6 Å². The first kappa shape index (κ1) is 19.9. The number of hydrogen-bond donors (Lipinski definition) is 2. The standard InChI is InChI=1S/C19H17ClF3N5/c1-11(2)25-18-27-16(12-5-7-24-8-6-12)10-17(28-18)26-15-4-3-13(9-14(15)20)19(21,22)23/h3-11H,1-2H3,(H2,25,26,27,28). The summed E-state index contributed by atoms with van der Waals surface area (Å²) in [6, 6.07) is 8.50. The van der Waals surface area contributed by atoms with Crippen molar-refractivity contribution in [3.8, 4) is 11.3 Å². The molecule has 0 saturated heterocycles. The van der Waals surface area contributed by atoms with Crippen molar-refractivity contribution < 1.29 is 13.2 Å². The van der Waals surface area contributed by atoms with Gasteiger partial charge in [0, 0.05) is 30.1 Å². The number of nitrogens with zero attached hydrogens (tertiary/aromatic N) is 3. The molecule has 0 spiro atoms. The van der Waals surface area contributed by atoms with E-state index in [1.165, 1.54) is 6.07 Å². The Kier molecular flexibility index (Phi) is 5.69. The summed E-state index contributed by atoms with van der Waals surface area (Å²) in [5.41, 5.74) is 0.951. The van der Waals surface area contributed by atoms with E-state index in [9.17, 15) is 13.2 Å². The molecule has 3 aromatic rings. The van der Waals surface area contributed by atoms with Gasteiger partial charge in [0.15, 0.2) is 0 Å². The normalized spacial score (nSPS) is 11.5. The highest BCUT2D eigenvalue weighted by molar-refractivity contribution is 6.33. The van der Waals surface area contributed by atoms with Crippen molar-refractivity contribution in [3.05, 3.63) is 59.4 Å². The number of benzene rings is 1. The Balaban J connectivity index is 1.97. The highest BCUT2D eigenvalue weighted by Gasteiger charge is 2.30. The number of alkyl halides is 3. The van der Waals surface area contributed by atoms with Crippen LogP contribution in [0.2, 0.25) is 5.02 Å². The molecule has 0 saturated carbocycles. The molecule has 0 bridgehead atoms. The molecule has 9 heteroatoms. The van der Waals surface area contributed by atoms with Crippen LogP contribution in [0.3, 0.4) is 0 Å². The number of nitrogens with one attached hydrogen (secondary N) is 2. The second-order valence-corrected chi connectivity index (χ2v) is 6.72. The molecule has 0 fully saturated rings. The maximum Gasteiger partial charge on any atom is 0.416 e. The summed E-state index contributed by atoms with van der Waals surface area (Å²) < 4.78 is 38.5. The van der Waals surface area contributed by atoms with Crippen molar-refractivity contribution in [2.75, 3.05) is 10.6 Å². The van der Waals surface area contributed by atoms with Crippen LogP contribution in [0.5, 0.6) is 0 Å². The topological polar surface area (TPSA) is 62.7 Å². The summed E-state index contributed by atoms with van der Waals surface area (Å²) in [5, 5.41) is 6.04. The van der Waals surface area contributed by atoms with Crippen molar-refractivity contribution in [2.45, 2.75) is 26.1 Å². The lowest BCUT2D eigenvalue weighted by Gasteiger charge is -2.14. The van der Waals surface area contributed by atoms with Crippen LogP contribution in [-0.2, 0) is 6.18 Å². The van der Waals surface area contributed by atoms with Gasteiger partial charge in [-0.05, 0) is 44.2 Å². The fourth-order valence-corrected chi connectivity index (χ4v) is 2.66. The molecule has 0 radical (unpaired) electrons. The Morgan fingerprint density at radius 2 is 1.71 bits per heavy atom. The lowest BCUT2D eigenvalue weighted by Crippen LogP contribution is -2.13. The minimum absolute atomic E-state index is 0.0581. The van der Waals surface area contributed by atoms with Crippen molar-refractivity contribution >= 4 is 29.1 Å². The number of hydrogen-bond acceptors (Lipinski definition) is 5. The molecule has 0 amide bonds. The quantitative estimate of drug-likeness (QED) is 0.561. The van der Waals surface area contributed by atoms with Crippen LogP contribution in [0.1, 0.15) is 19.4 Å². The molecular weight excluding hydrogens is 391 g/mol. The number of rotatable bonds is 5. The highest BCUT2D eigenvalue weighted by Crippen LogP contribution is 2.35. The second-order valence-electron chi connectivity index (χ2n) is 6.31. The minimum Gasteiger partial charge on any atom is -0.352 e. The van der Waals surface area contributed by atoms with Gasteiger partial charge in [0.2, 0.25) is 5.95 Å². The van der Waals surface area contributed by atoms with Crippen LogP contribution in [0.25, 0.3) is 11.3 Å². The summed E-state index contributed by atoms with van der Waals surface area (Å²) in [5.74, 6) is 0.779. The predicted octanol–water partition coefficient (Wildman–Crippen LogP) is 5.77. The van der Waals surface area contributed by atoms with E-state index in [1.807, 2.05) is 13.8 Å². The van der Waals surface area contributed by atoms with Crippen LogP contribution < -0.4 is 10.6 Å². The maximum absolute atomic E-state index is 12.8. The molecule has 0 atom stereocenters. The fraction of sp³-hybridized carbons (Fsp3) is 0.211. The van der Waals surface area contributed by atoms with Crippen molar-refractivity contribution in [2.24, 2.45) is 0 Å². The van der Waals surface area contributed by atoms with E-state index < -0.39 is 11.7 Å². The molecule has 2 N–H and O–H groups in total. The van der Waals surface area contributed by atoms with E-state index in [4.69, 9.17) is 11.6 Å². The lowest BCUT2D eigenvalue weighted by molar-refractivity contribution is -0.137. The second kappa shape index (κ2) is 8.02. The minimum atomic E-state index is -4.46. The Bertz CT molecular complexity index is 962. The number of halogens is 4. The summed E-state index contributed by atoms with van der Waals surface area (Å²) in [6.45, 7) is 3.89. The van der Waals surface area contributed by atoms with Crippen LogP contribution in [0.4, 0.5) is 30.6 Å². The lowest BCUT2D eigenvalue weighted by atomic mass is 10.2. The Labute approximate surface area is 165 Å². The van der Waals surface area contributed by atoms with Gasteiger partial charge in [-0.2, -0.15) is 18.2 Å². The fourth-order valence-electron chi connectivity index (χ4n) is 2.44. The van der Waals surface area contributed by atoms with Crippen LogP contribution in [0, 0.1) is 0 Å². The largest absolute Gasteiger partial charge is 0.416 e. The van der Waals surface area contributed by atoms with Gasteiger partial charge in [0.1, 0.15) is 5.82 Å². The highest BCUT2D eigenvalue weighted by atomic mass is 35.5. The summed E-state index contributed by atoms with van der Waals surface area (Å²) in [6.07, 6.45) is -1.17. The zero-order valence-corrected chi connectivity index (χ0v) is 15.8. The summed E-state index contributed by atoms with van der Waals surface area (Å²) in [7, 11) is 0. The van der Waals surface area contributed by atoms with Crippen molar-refractivity contribution in [1.29, 1.82) is 0 Å². The molecule has 0 unspecified atom stereocenters. The Morgan fingerprint density at radius 1 is 1.00 bits per heavy atom. The van der Waals surface area contributed by atoms with Crippen molar-refractivity contribution in [3.63, 3.8) is 0 Å². The van der Waals surface area contributed by atoms with E-state index in [1.54, 1.807) is 30.6 Å². The average molecular weight is 408 g/mol. The monoisotopic (exact) mass is 407 g/mol. The molecular formula is C19H17ClF3N5. The Hall–Kier alpha value is -2.87. The third-order valence-corrected chi connectivity index (χ3v) is 3.99. The molecule has 1 aromatic carbocycles. The van der Waals surface area contributed by atoms with Gasteiger partial charge in [-0.15, -0.1) is 0 Å². The van der Waals surface area contributed by atoms with Crippen LogP contribution in [0.15, 0.2) is 48.8 Å². The van der Waals surface area contributed by atoms with Gasteiger partial charge in [0.25, 0.3) is 0 Å². The van der Waals surface area contributed by atoms with E-state index in [0.717, 1.165) is 17.7 Å². The van der Waals surface area contributed by atoms with Gasteiger partial charge >= 0.3 is 6.18 Å². The van der Waals surface area contributed by atoms with E-state index in [-0.39, 0.29) is 11.1 Å². The molecule has 5 nitrogen and oxygen atoms in total. The van der Waals surface area contributed by atoms with Gasteiger partial charge in [-0.3, -0.25) is 4.98 Å². The molecule has 2 aromatic heterocycles. The molecule has 0 aliphatic rings. The molecule has 2 heterocycles. The number of anilines is 3. The van der Waals surface area contributed by atoms with Gasteiger partial charge in [-0.25, -0.2) is 4.98 Å². The van der Waals surface area contributed by atoms with Crippen molar-refractivity contribution in [1.82, 2.24) is 15.0 Å². The first-order chi connectivity index (χ1) is 13.2. The van der Waals surface area contributed by atoms with E-state index in [0.29, 0.717) is 23.1 Å². The van der Waals surface area contributed by atoms with Gasteiger partial charge in [-0.1, -0.05) is 11.6 Å². The van der Waals surface area contributed by atoms with E-state index >= 15 is 0 Å². The molecule has 0 aliphatic carbocycles. The molecule has 3 rings (SSSR count). The van der Waals surface area contributed by atoms with Gasteiger partial charge in [0.05, 0.1) is 22.0 Å². The smallest absolute Gasteiger partial charge is 0.352 e. The Morgan fingerprint density at radius 3 is 2.32 bits per heavy atom. The SMILES string of the molecule is CC(C)Nc1nc(Nc2ccc(C(F)(F)F)cc2Cl)cc(-c2ccncc2)n1. The average Bonchev–Trinajstić information content (AvgIpc) is 2.62.